The van der Waals surface area contributed by atoms with E-state index >= 15 is 0 Å². The Kier molecular flexibility index (Phi) is 3.42. The van der Waals surface area contributed by atoms with Gasteiger partial charge in [0.05, 0.1) is 5.92 Å². The number of ketones is 1. The minimum absolute atomic E-state index is 0.137. The molecule has 0 amide bonds. The molecule has 0 radical (unpaired) electrons. The first-order valence-corrected chi connectivity index (χ1v) is 6.11. The zero-order valence-corrected chi connectivity index (χ0v) is 9.39. The summed E-state index contributed by atoms with van der Waals surface area (Å²) in [7, 11) is 0. The molecule has 0 saturated heterocycles. The van der Waals surface area contributed by atoms with Gasteiger partial charge in [0.25, 0.3) is 0 Å². The van der Waals surface area contributed by atoms with Crippen molar-refractivity contribution in [3.8, 4) is 0 Å². The first kappa shape index (κ1) is 11.4. The van der Waals surface area contributed by atoms with Crippen LogP contribution >= 0.6 is 0 Å². The third-order valence-corrected chi connectivity index (χ3v) is 3.87. The summed E-state index contributed by atoms with van der Waals surface area (Å²) in [4.78, 5) is 23.3. The van der Waals surface area contributed by atoms with Gasteiger partial charge in [-0.3, -0.25) is 9.59 Å². The molecule has 3 heteroatoms. The molecule has 0 aliphatic heterocycles. The van der Waals surface area contributed by atoms with Crippen LogP contribution in [-0.4, -0.2) is 16.9 Å². The van der Waals surface area contributed by atoms with Crippen molar-refractivity contribution in [2.24, 2.45) is 17.8 Å². The van der Waals surface area contributed by atoms with Gasteiger partial charge < -0.3 is 5.11 Å². The van der Waals surface area contributed by atoms with E-state index in [1.165, 1.54) is 0 Å². The molecule has 2 aliphatic carbocycles. The molecule has 16 heavy (non-hydrogen) atoms. The van der Waals surface area contributed by atoms with Crippen molar-refractivity contribution < 1.29 is 14.7 Å². The summed E-state index contributed by atoms with van der Waals surface area (Å²) in [5.41, 5.74) is 0. The lowest BCUT2D eigenvalue weighted by atomic mass is 9.76. The van der Waals surface area contributed by atoms with Crippen LogP contribution in [0.2, 0.25) is 0 Å². The van der Waals surface area contributed by atoms with E-state index in [1.807, 2.05) is 12.2 Å². The number of allylic oxidation sites excluding steroid dienone is 2. The molecule has 0 heterocycles. The van der Waals surface area contributed by atoms with Crippen LogP contribution in [0.5, 0.6) is 0 Å². The Morgan fingerprint density at radius 3 is 2.12 bits per heavy atom. The summed E-state index contributed by atoms with van der Waals surface area (Å²) < 4.78 is 0. The highest BCUT2D eigenvalue weighted by atomic mass is 16.4. The first-order valence-electron chi connectivity index (χ1n) is 6.11. The zero-order valence-electron chi connectivity index (χ0n) is 9.39. The van der Waals surface area contributed by atoms with Gasteiger partial charge in [-0.1, -0.05) is 25.0 Å². The van der Waals surface area contributed by atoms with E-state index in [9.17, 15) is 9.59 Å². The highest BCUT2D eigenvalue weighted by Gasteiger charge is 2.37. The molecule has 2 rings (SSSR count). The van der Waals surface area contributed by atoms with E-state index in [0.717, 1.165) is 25.7 Å². The Hall–Kier alpha value is -1.12. The maximum atomic E-state index is 12.2. The molecule has 1 fully saturated rings. The number of Topliss-reactive ketones (excluding diaryl/α,β-unsaturated/α-hetero) is 1. The number of carboxylic acids is 1. The van der Waals surface area contributed by atoms with E-state index in [-0.39, 0.29) is 17.6 Å². The van der Waals surface area contributed by atoms with Gasteiger partial charge >= 0.3 is 5.97 Å². The average molecular weight is 222 g/mol. The van der Waals surface area contributed by atoms with Crippen LogP contribution in [0.4, 0.5) is 0 Å². The minimum atomic E-state index is -0.819. The summed E-state index contributed by atoms with van der Waals surface area (Å²) in [5, 5.41) is 9.11. The van der Waals surface area contributed by atoms with Crippen LogP contribution in [0, 0.1) is 17.8 Å². The molecule has 2 atom stereocenters. The summed E-state index contributed by atoms with van der Waals surface area (Å²) >= 11 is 0. The number of rotatable bonds is 3. The van der Waals surface area contributed by atoms with E-state index in [1.54, 1.807) is 0 Å². The molecule has 1 N–H and O–H groups in total. The van der Waals surface area contributed by atoms with Crippen molar-refractivity contribution in [2.45, 2.75) is 38.5 Å². The molecule has 88 valence electrons. The van der Waals surface area contributed by atoms with Crippen LogP contribution in [0.15, 0.2) is 12.2 Å². The molecular weight excluding hydrogens is 204 g/mol. The third-order valence-electron chi connectivity index (χ3n) is 3.87. The quantitative estimate of drug-likeness (QED) is 0.746. The lowest BCUT2D eigenvalue weighted by Gasteiger charge is -2.26. The smallest absolute Gasteiger partial charge is 0.307 e. The average Bonchev–Trinajstić information content (AvgIpc) is 2.81. The fraction of sp³-hybridized carbons (Fsp3) is 0.692. The van der Waals surface area contributed by atoms with Crippen molar-refractivity contribution in [3.63, 3.8) is 0 Å². The second-order valence-electron chi connectivity index (χ2n) is 4.88. The molecule has 3 nitrogen and oxygen atoms in total. The Bertz CT molecular complexity index is 313. The summed E-state index contributed by atoms with van der Waals surface area (Å²) in [6, 6.07) is 0. The second kappa shape index (κ2) is 4.81. The molecule has 0 spiro atoms. The van der Waals surface area contributed by atoms with Gasteiger partial charge in [-0.25, -0.2) is 0 Å². The first-order chi connectivity index (χ1) is 7.70. The molecule has 0 bridgehead atoms. The largest absolute Gasteiger partial charge is 0.481 e. The number of carbonyl (C=O) groups excluding carboxylic acids is 1. The lowest BCUT2D eigenvalue weighted by Crippen LogP contribution is -2.34. The Labute approximate surface area is 95.5 Å². The van der Waals surface area contributed by atoms with Gasteiger partial charge in [-0.2, -0.15) is 0 Å². The predicted molar refractivity (Wildman–Crippen MR) is 60.0 cm³/mol. The molecular formula is C13H18O3. The Balaban J connectivity index is 2.08. The van der Waals surface area contributed by atoms with Gasteiger partial charge in [0.2, 0.25) is 0 Å². The van der Waals surface area contributed by atoms with Crippen molar-refractivity contribution in [1.82, 2.24) is 0 Å². The maximum absolute atomic E-state index is 12.2. The van der Waals surface area contributed by atoms with Gasteiger partial charge in [-0.05, 0) is 25.7 Å². The molecule has 0 aromatic carbocycles. The van der Waals surface area contributed by atoms with Crippen molar-refractivity contribution in [3.05, 3.63) is 12.2 Å². The Morgan fingerprint density at radius 1 is 1.00 bits per heavy atom. The van der Waals surface area contributed by atoms with Gasteiger partial charge in [0.15, 0.2) is 0 Å². The zero-order chi connectivity index (χ0) is 11.5. The van der Waals surface area contributed by atoms with Crippen molar-refractivity contribution >= 4 is 11.8 Å². The van der Waals surface area contributed by atoms with Crippen LogP contribution in [0.1, 0.15) is 38.5 Å². The van der Waals surface area contributed by atoms with Gasteiger partial charge in [-0.15, -0.1) is 0 Å². The van der Waals surface area contributed by atoms with Crippen LogP contribution in [0.3, 0.4) is 0 Å². The summed E-state index contributed by atoms with van der Waals surface area (Å²) in [6.45, 7) is 0. The third kappa shape index (κ3) is 2.18. The van der Waals surface area contributed by atoms with E-state index in [0.29, 0.717) is 12.8 Å². The van der Waals surface area contributed by atoms with E-state index in [4.69, 9.17) is 5.11 Å². The molecule has 1 saturated carbocycles. The molecule has 0 aromatic heterocycles. The fourth-order valence-electron chi connectivity index (χ4n) is 2.91. The SMILES string of the molecule is O=C(O)C1CC=CCC1C(=O)C1CCCC1. The van der Waals surface area contributed by atoms with Crippen LogP contribution < -0.4 is 0 Å². The van der Waals surface area contributed by atoms with E-state index in [2.05, 4.69) is 0 Å². The number of hydrogen-bond acceptors (Lipinski definition) is 2. The number of carbonyl (C=O) groups is 2. The van der Waals surface area contributed by atoms with Crippen LogP contribution in [-0.2, 0) is 9.59 Å². The van der Waals surface area contributed by atoms with Crippen molar-refractivity contribution in [2.75, 3.05) is 0 Å². The molecule has 2 aliphatic rings. The second-order valence-corrected chi connectivity index (χ2v) is 4.88. The molecule has 2 unspecified atom stereocenters. The number of hydrogen-bond donors (Lipinski definition) is 1. The van der Waals surface area contributed by atoms with Gasteiger partial charge in [0, 0.05) is 11.8 Å². The number of carboxylic acid groups (broad SMARTS) is 1. The topological polar surface area (TPSA) is 54.4 Å². The summed E-state index contributed by atoms with van der Waals surface area (Å²) in [6.07, 6.45) is 9.14. The Morgan fingerprint density at radius 2 is 1.56 bits per heavy atom. The highest BCUT2D eigenvalue weighted by molar-refractivity contribution is 5.88. The predicted octanol–water partition coefficient (Wildman–Crippen LogP) is 2.41. The molecule has 0 aromatic rings. The fourth-order valence-corrected chi connectivity index (χ4v) is 2.91. The van der Waals surface area contributed by atoms with Crippen LogP contribution in [0.25, 0.3) is 0 Å². The lowest BCUT2D eigenvalue weighted by molar-refractivity contribution is -0.147. The maximum Gasteiger partial charge on any atom is 0.307 e. The standard InChI is InChI=1S/C13H18O3/c14-12(9-5-1-2-6-9)10-7-3-4-8-11(10)13(15)16/h3-4,9-11H,1-2,5-8H2,(H,15,16). The summed E-state index contributed by atoms with van der Waals surface area (Å²) in [5.74, 6) is -1.24. The highest BCUT2D eigenvalue weighted by Crippen LogP contribution is 2.34. The van der Waals surface area contributed by atoms with Crippen molar-refractivity contribution in [1.29, 1.82) is 0 Å². The normalized spacial score (nSPS) is 30.5. The van der Waals surface area contributed by atoms with Gasteiger partial charge in [0.1, 0.15) is 5.78 Å². The van der Waals surface area contributed by atoms with E-state index < -0.39 is 11.9 Å². The minimum Gasteiger partial charge on any atom is -0.481 e. The monoisotopic (exact) mass is 222 g/mol. The number of aliphatic carboxylic acids is 1.